The summed E-state index contributed by atoms with van der Waals surface area (Å²) in [5.41, 5.74) is 6.36. The minimum Gasteiger partial charge on any atom is -0.384 e. The van der Waals surface area contributed by atoms with E-state index in [0.29, 0.717) is 6.54 Å². The van der Waals surface area contributed by atoms with Gasteiger partial charge in [-0.25, -0.2) is 0 Å². The Labute approximate surface area is 82.7 Å². The number of methoxy groups -OCH3 is 1. The van der Waals surface area contributed by atoms with Gasteiger partial charge < -0.3 is 10.5 Å². The second kappa shape index (κ2) is 5.96. The fourth-order valence-electron chi connectivity index (χ4n) is 0.860. The molecule has 72 valence electrons. The van der Waals surface area contributed by atoms with Crippen LogP contribution in [0.1, 0.15) is 5.69 Å². The van der Waals surface area contributed by atoms with Gasteiger partial charge in [-0.1, -0.05) is 0 Å². The Morgan fingerprint density at radius 2 is 2.38 bits per heavy atom. The van der Waals surface area contributed by atoms with Gasteiger partial charge in [0.1, 0.15) is 0 Å². The van der Waals surface area contributed by atoms with Crippen molar-refractivity contribution in [3.63, 3.8) is 0 Å². The highest BCUT2D eigenvalue weighted by Crippen LogP contribution is 2.16. The molecule has 0 aliphatic carbocycles. The Morgan fingerprint density at radius 1 is 1.54 bits per heavy atom. The SMILES string of the molecule is COCCSc1ccc(CN)nc1. The third kappa shape index (κ3) is 3.76. The summed E-state index contributed by atoms with van der Waals surface area (Å²) in [7, 11) is 1.70. The number of pyridine rings is 1. The molecule has 0 bridgehead atoms. The topological polar surface area (TPSA) is 48.1 Å². The Kier molecular flexibility index (Phi) is 4.82. The van der Waals surface area contributed by atoms with Crippen LogP contribution in [0.4, 0.5) is 0 Å². The van der Waals surface area contributed by atoms with Crippen molar-refractivity contribution in [2.24, 2.45) is 5.73 Å². The van der Waals surface area contributed by atoms with Crippen LogP contribution in [0.2, 0.25) is 0 Å². The zero-order chi connectivity index (χ0) is 9.52. The number of nitrogens with zero attached hydrogens (tertiary/aromatic N) is 1. The van der Waals surface area contributed by atoms with Gasteiger partial charge in [0.15, 0.2) is 0 Å². The average molecular weight is 198 g/mol. The van der Waals surface area contributed by atoms with Crippen LogP contribution in [0.5, 0.6) is 0 Å². The van der Waals surface area contributed by atoms with Gasteiger partial charge in [-0.15, -0.1) is 11.8 Å². The maximum atomic E-state index is 5.43. The van der Waals surface area contributed by atoms with Gasteiger partial charge in [-0.3, -0.25) is 4.98 Å². The molecule has 0 saturated heterocycles. The molecule has 0 amide bonds. The molecule has 1 heterocycles. The largest absolute Gasteiger partial charge is 0.384 e. The highest BCUT2D eigenvalue weighted by Gasteiger charge is 1.94. The lowest BCUT2D eigenvalue weighted by molar-refractivity contribution is 0.218. The molecular formula is C9H14N2OS. The summed E-state index contributed by atoms with van der Waals surface area (Å²) in [4.78, 5) is 5.35. The van der Waals surface area contributed by atoms with Crippen LogP contribution in [-0.4, -0.2) is 24.5 Å². The molecule has 0 spiro atoms. The predicted molar refractivity (Wildman–Crippen MR) is 54.7 cm³/mol. The molecule has 2 N–H and O–H groups in total. The molecule has 4 heteroatoms. The maximum absolute atomic E-state index is 5.43. The van der Waals surface area contributed by atoms with E-state index in [1.807, 2.05) is 18.3 Å². The van der Waals surface area contributed by atoms with Gasteiger partial charge in [0.05, 0.1) is 12.3 Å². The van der Waals surface area contributed by atoms with Crippen molar-refractivity contribution in [3.8, 4) is 0 Å². The predicted octanol–water partition coefficient (Wildman–Crippen LogP) is 1.28. The summed E-state index contributed by atoms with van der Waals surface area (Å²) < 4.78 is 4.95. The van der Waals surface area contributed by atoms with Crippen molar-refractivity contribution >= 4 is 11.8 Å². The summed E-state index contributed by atoms with van der Waals surface area (Å²) in [6.07, 6.45) is 1.85. The van der Waals surface area contributed by atoms with Crippen LogP contribution in [-0.2, 0) is 11.3 Å². The lowest BCUT2D eigenvalue weighted by Crippen LogP contribution is -1.98. The normalized spacial score (nSPS) is 10.3. The van der Waals surface area contributed by atoms with Gasteiger partial charge in [-0.2, -0.15) is 0 Å². The molecule has 13 heavy (non-hydrogen) atoms. The molecule has 3 nitrogen and oxygen atoms in total. The average Bonchev–Trinajstić information content (AvgIpc) is 2.19. The van der Waals surface area contributed by atoms with E-state index in [4.69, 9.17) is 10.5 Å². The van der Waals surface area contributed by atoms with Crippen molar-refractivity contribution in [1.29, 1.82) is 0 Å². The van der Waals surface area contributed by atoms with Crippen molar-refractivity contribution in [2.45, 2.75) is 11.4 Å². The lowest BCUT2D eigenvalue weighted by Gasteiger charge is -2.01. The van der Waals surface area contributed by atoms with Gasteiger partial charge >= 0.3 is 0 Å². The quantitative estimate of drug-likeness (QED) is 0.572. The van der Waals surface area contributed by atoms with Crippen molar-refractivity contribution in [3.05, 3.63) is 24.0 Å². The summed E-state index contributed by atoms with van der Waals surface area (Å²) in [6, 6.07) is 3.99. The second-order valence-corrected chi connectivity index (χ2v) is 3.70. The van der Waals surface area contributed by atoms with Crippen LogP contribution >= 0.6 is 11.8 Å². The van der Waals surface area contributed by atoms with Crippen molar-refractivity contribution in [1.82, 2.24) is 4.98 Å². The summed E-state index contributed by atoms with van der Waals surface area (Å²) in [5, 5.41) is 0. The number of hydrogen-bond donors (Lipinski definition) is 1. The van der Waals surface area contributed by atoms with E-state index < -0.39 is 0 Å². The minimum atomic E-state index is 0.503. The Balaban J connectivity index is 2.40. The van der Waals surface area contributed by atoms with Crippen molar-refractivity contribution in [2.75, 3.05) is 19.5 Å². The number of nitrogens with two attached hydrogens (primary N) is 1. The molecule has 0 atom stereocenters. The molecule has 1 aromatic rings. The number of rotatable bonds is 5. The van der Waals surface area contributed by atoms with E-state index in [1.54, 1.807) is 18.9 Å². The molecule has 0 aliphatic rings. The van der Waals surface area contributed by atoms with Crippen LogP contribution in [0.15, 0.2) is 23.2 Å². The van der Waals surface area contributed by atoms with E-state index in [9.17, 15) is 0 Å². The minimum absolute atomic E-state index is 0.503. The molecule has 0 radical (unpaired) electrons. The molecule has 1 aromatic heterocycles. The monoisotopic (exact) mass is 198 g/mol. The summed E-state index contributed by atoms with van der Waals surface area (Å²) in [5.74, 6) is 0.958. The zero-order valence-corrected chi connectivity index (χ0v) is 8.51. The fourth-order valence-corrected chi connectivity index (χ4v) is 1.64. The van der Waals surface area contributed by atoms with Gasteiger partial charge in [0.25, 0.3) is 0 Å². The van der Waals surface area contributed by atoms with Gasteiger partial charge in [0, 0.05) is 30.5 Å². The van der Waals surface area contributed by atoms with E-state index in [-0.39, 0.29) is 0 Å². The van der Waals surface area contributed by atoms with Gasteiger partial charge in [-0.05, 0) is 12.1 Å². The maximum Gasteiger partial charge on any atom is 0.0556 e. The lowest BCUT2D eigenvalue weighted by atomic mass is 10.4. The molecule has 0 aromatic carbocycles. The fraction of sp³-hybridized carbons (Fsp3) is 0.444. The van der Waals surface area contributed by atoms with E-state index in [0.717, 1.165) is 22.9 Å². The van der Waals surface area contributed by atoms with E-state index in [2.05, 4.69) is 4.98 Å². The Hall–Kier alpha value is -0.580. The van der Waals surface area contributed by atoms with Crippen LogP contribution in [0.25, 0.3) is 0 Å². The smallest absolute Gasteiger partial charge is 0.0556 e. The number of hydrogen-bond acceptors (Lipinski definition) is 4. The molecular weight excluding hydrogens is 184 g/mol. The third-order valence-corrected chi connectivity index (χ3v) is 2.51. The molecule has 0 fully saturated rings. The summed E-state index contributed by atoms with van der Waals surface area (Å²) >= 11 is 1.74. The second-order valence-electron chi connectivity index (χ2n) is 2.53. The van der Waals surface area contributed by atoms with E-state index >= 15 is 0 Å². The number of aromatic nitrogens is 1. The Morgan fingerprint density at radius 3 is 2.92 bits per heavy atom. The first kappa shape index (κ1) is 10.5. The zero-order valence-electron chi connectivity index (χ0n) is 7.69. The van der Waals surface area contributed by atoms with Crippen LogP contribution in [0, 0.1) is 0 Å². The molecule has 0 unspecified atom stereocenters. The first-order chi connectivity index (χ1) is 6.36. The molecule has 1 rings (SSSR count). The Bertz CT molecular complexity index is 238. The van der Waals surface area contributed by atoms with Gasteiger partial charge in [0.2, 0.25) is 0 Å². The first-order valence-corrected chi connectivity index (χ1v) is 5.12. The summed E-state index contributed by atoms with van der Waals surface area (Å²) in [6.45, 7) is 1.27. The van der Waals surface area contributed by atoms with Crippen molar-refractivity contribution < 1.29 is 4.74 Å². The highest BCUT2D eigenvalue weighted by molar-refractivity contribution is 7.99. The van der Waals surface area contributed by atoms with Crippen LogP contribution in [0.3, 0.4) is 0 Å². The first-order valence-electron chi connectivity index (χ1n) is 4.13. The van der Waals surface area contributed by atoms with E-state index in [1.165, 1.54) is 0 Å². The number of thioether (sulfide) groups is 1. The third-order valence-electron chi connectivity index (χ3n) is 1.56. The number of ether oxygens (including phenoxy) is 1. The molecule has 0 saturated carbocycles. The standard InChI is InChI=1S/C9H14N2OS/c1-12-4-5-13-9-3-2-8(6-10)11-7-9/h2-3,7H,4-6,10H2,1H3. The van der Waals surface area contributed by atoms with Crippen LogP contribution < -0.4 is 5.73 Å². The molecule has 0 aliphatic heterocycles. The highest BCUT2D eigenvalue weighted by atomic mass is 32.2.